The highest BCUT2D eigenvalue weighted by Gasteiger charge is 2.31. The van der Waals surface area contributed by atoms with Crippen molar-refractivity contribution in [1.29, 1.82) is 0 Å². The Morgan fingerprint density at radius 1 is 1.10 bits per heavy atom. The molecule has 0 fully saturated rings. The minimum atomic E-state index is -0.673. The Morgan fingerprint density at radius 2 is 1.67 bits per heavy atom. The summed E-state index contributed by atoms with van der Waals surface area (Å²) in [4.78, 5) is 12.2. The first kappa shape index (κ1) is 16.5. The van der Waals surface area contributed by atoms with E-state index in [1.165, 1.54) is 0 Å². The van der Waals surface area contributed by atoms with Crippen molar-refractivity contribution in [3.63, 3.8) is 0 Å². The zero-order valence-corrected chi connectivity index (χ0v) is 15.5. The monoisotopic (exact) mass is 366 g/mol. The number of hydrogen-bond acceptors (Lipinski definition) is 3. The molecule has 1 heterocycles. The largest absolute Gasteiger partial charge is 0.423 e. The van der Waals surface area contributed by atoms with Gasteiger partial charge in [0.1, 0.15) is 5.60 Å². The maximum atomic E-state index is 12.2. The lowest BCUT2D eigenvalue weighted by Crippen LogP contribution is -2.29. The van der Waals surface area contributed by atoms with Gasteiger partial charge in [0.25, 0.3) is 0 Å². The number of fused-ring (bicyclic) bond motifs is 1. The standard InChI is InChI=1S/C16H19BrO3Si/c1-15(2,3)21-20-16(4,5)13-12(17)10-8-6-7-9-11(10)14(18)19-13/h6-9H,1-5H3. The van der Waals surface area contributed by atoms with Gasteiger partial charge in [-0.25, -0.2) is 4.79 Å². The normalized spacial score (nSPS) is 12.9. The maximum absolute atomic E-state index is 12.2. The van der Waals surface area contributed by atoms with Gasteiger partial charge in [0.2, 0.25) is 9.76 Å². The van der Waals surface area contributed by atoms with Crippen molar-refractivity contribution in [2.24, 2.45) is 0 Å². The number of benzene rings is 1. The molecule has 0 amide bonds. The summed E-state index contributed by atoms with van der Waals surface area (Å²) in [5, 5.41) is 1.49. The SMILES string of the molecule is CC(C)(C)[Si]OC(C)(C)c1oc(=O)c2ccccc2c1Br. The molecule has 0 N–H and O–H groups in total. The van der Waals surface area contributed by atoms with Gasteiger partial charge < -0.3 is 8.84 Å². The second-order valence-corrected chi connectivity index (χ2v) is 9.24. The van der Waals surface area contributed by atoms with Crippen LogP contribution in [0.4, 0.5) is 0 Å². The van der Waals surface area contributed by atoms with Gasteiger partial charge in [-0.05, 0) is 40.9 Å². The Morgan fingerprint density at radius 3 is 2.24 bits per heavy atom. The van der Waals surface area contributed by atoms with E-state index >= 15 is 0 Å². The molecule has 5 heteroatoms. The van der Waals surface area contributed by atoms with Crippen LogP contribution in [-0.2, 0) is 10.0 Å². The van der Waals surface area contributed by atoms with Crippen LogP contribution in [0.5, 0.6) is 0 Å². The molecule has 0 atom stereocenters. The minimum absolute atomic E-state index is 0.0703. The Labute approximate surface area is 135 Å². The van der Waals surface area contributed by atoms with Gasteiger partial charge in [0, 0.05) is 5.39 Å². The smallest absolute Gasteiger partial charge is 0.344 e. The first-order valence-electron chi connectivity index (χ1n) is 6.79. The summed E-state index contributed by atoms with van der Waals surface area (Å²) in [6.07, 6.45) is 0. The fourth-order valence-electron chi connectivity index (χ4n) is 1.88. The third kappa shape index (κ3) is 3.65. The van der Waals surface area contributed by atoms with E-state index in [1.807, 2.05) is 32.0 Å². The molecule has 0 saturated heterocycles. The summed E-state index contributed by atoms with van der Waals surface area (Å²) in [5.74, 6) is 0.531. The van der Waals surface area contributed by atoms with Crippen molar-refractivity contribution in [2.75, 3.05) is 0 Å². The van der Waals surface area contributed by atoms with E-state index in [9.17, 15) is 4.79 Å². The molecular weight excluding hydrogens is 348 g/mol. The molecule has 1 aromatic carbocycles. The van der Waals surface area contributed by atoms with Crippen molar-refractivity contribution in [3.8, 4) is 0 Å². The van der Waals surface area contributed by atoms with Crippen LogP contribution in [0.15, 0.2) is 37.9 Å². The highest BCUT2D eigenvalue weighted by molar-refractivity contribution is 9.10. The Bertz CT molecular complexity index is 714. The van der Waals surface area contributed by atoms with E-state index in [0.717, 1.165) is 9.86 Å². The van der Waals surface area contributed by atoms with Gasteiger partial charge in [-0.2, -0.15) is 0 Å². The molecule has 21 heavy (non-hydrogen) atoms. The number of rotatable bonds is 3. The number of hydrogen-bond donors (Lipinski definition) is 0. The van der Waals surface area contributed by atoms with Crippen LogP contribution in [0.3, 0.4) is 0 Å². The van der Waals surface area contributed by atoms with Crippen molar-refractivity contribution >= 4 is 36.5 Å². The van der Waals surface area contributed by atoms with Gasteiger partial charge in [-0.15, -0.1) is 0 Å². The molecule has 112 valence electrons. The fourth-order valence-corrected chi connectivity index (χ4v) is 3.44. The number of halogens is 1. The predicted octanol–water partition coefficient (Wildman–Crippen LogP) is 4.64. The first-order valence-corrected chi connectivity index (χ1v) is 8.49. The lowest BCUT2D eigenvalue weighted by molar-refractivity contribution is 0.0783. The molecule has 1 aromatic heterocycles. The summed E-state index contributed by atoms with van der Waals surface area (Å²) in [5.41, 5.74) is -1.01. The van der Waals surface area contributed by atoms with Crippen molar-refractivity contribution in [3.05, 3.63) is 44.9 Å². The molecule has 0 spiro atoms. The fraction of sp³-hybridized carbons (Fsp3) is 0.438. The van der Waals surface area contributed by atoms with E-state index in [-0.39, 0.29) is 10.7 Å². The van der Waals surface area contributed by atoms with Crippen molar-refractivity contribution < 1.29 is 8.84 Å². The van der Waals surface area contributed by atoms with Gasteiger partial charge in [-0.3, -0.25) is 0 Å². The lowest BCUT2D eigenvalue weighted by Gasteiger charge is -2.28. The van der Waals surface area contributed by atoms with Gasteiger partial charge in [0.15, 0.2) is 5.76 Å². The van der Waals surface area contributed by atoms with Crippen molar-refractivity contribution in [1.82, 2.24) is 0 Å². The predicted molar refractivity (Wildman–Crippen MR) is 89.8 cm³/mol. The van der Waals surface area contributed by atoms with Crippen LogP contribution in [-0.4, -0.2) is 9.76 Å². The molecule has 2 rings (SSSR count). The van der Waals surface area contributed by atoms with E-state index in [1.54, 1.807) is 6.07 Å². The zero-order chi connectivity index (χ0) is 15.8. The van der Waals surface area contributed by atoms with Crippen LogP contribution in [0.2, 0.25) is 5.04 Å². The lowest BCUT2D eigenvalue weighted by atomic mass is 10.0. The average molecular weight is 367 g/mol. The highest BCUT2D eigenvalue weighted by Crippen LogP contribution is 2.36. The Kier molecular flexibility index (Phi) is 4.47. The molecule has 3 nitrogen and oxygen atoms in total. The maximum Gasteiger partial charge on any atom is 0.344 e. The molecule has 0 aliphatic heterocycles. The van der Waals surface area contributed by atoms with Crippen LogP contribution >= 0.6 is 15.9 Å². The Hall–Kier alpha value is -0.913. The molecule has 0 unspecified atom stereocenters. The van der Waals surface area contributed by atoms with E-state index < -0.39 is 5.60 Å². The second-order valence-electron chi connectivity index (χ2n) is 6.54. The van der Waals surface area contributed by atoms with Crippen LogP contribution in [0, 0.1) is 0 Å². The van der Waals surface area contributed by atoms with E-state index in [2.05, 4.69) is 36.7 Å². The second kappa shape index (κ2) is 5.70. The van der Waals surface area contributed by atoms with Crippen molar-refractivity contribution in [2.45, 2.75) is 45.3 Å². The first-order chi connectivity index (χ1) is 9.62. The molecule has 2 radical (unpaired) electrons. The van der Waals surface area contributed by atoms with Crippen LogP contribution in [0.1, 0.15) is 40.4 Å². The summed E-state index contributed by atoms with van der Waals surface area (Å²) in [6.45, 7) is 10.2. The van der Waals surface area contributed by atoms with Crippen LogP contribution in [0.25, 0.3) is 10.8 Å². The van der Waals surface area contributed by atoms with E-state index in [0.29, 0.717) is 20.9 Å². The van der Waals surface area contributed by atoms with Gasteiger partial charge in [0.05, 0.1) is 9.86 Å². The third-order valence-corrected chi connectivity index (χ3v) is 4.95. The molecule has 0 saturated carbocycles. The zero-order valence-electron chi connectivity index (χ0n) is 12.9. The highest BCUT2D eigenvalue weighted by atomic mass is 79.9. The Balaban J connectivity index is 2.51. The molecule has 0 bridgehead atoms. The molecule has 0 aliphatic rings. The van der Waals surface area contributed by atoms with Crippen LogP contribution < -0.4 is 5.63 Å². The summed E-state index contributed by atoms with van der Waals surface area (Å²) < 4.78 is 12.3. The minimum Gasteiger partial charge on any atom is -0.423 e. The molecule has 0 aliphatic carbocycles. The van der Waals surface area contributed by atoms with E-state index in [4.69, 9.17) is 8.84 Å². The molecule has 2 aromatic rings. The van der Waals surface area contributed by atoms with Gasteiger partial charge in [-0.1, -0.05) is 39.0 Å². The summed E-state index contributed by atoms with van der Waals surface area (Å²) >= 11 is 3.56. The summed E-state index contributed by atoms with van der Waals surface area (Å²) in [6, 6.07) is 7.40. The third-order valence-electron chi connectivity index (χ3n) is 2.94. The average Bonchev–Trinajstić information content (AvgIpc) is 2.40. The topological polar surface area (TPSA) is 39.4 Å². The quantitative estimate of drug-likeness (QED) is 0.742. The summed E-state index contributed by atoms with van der Waals surface area (Å²) in [7, 11) is 0.306. The van der Waals surface area contributed by atoms with Gasteiger partial charge >= 0.3 is 5.63 Å². The molecular formula is C16H19BrO3Si.